The number of aliphatic hydroxyl groups is 1. The second-order valence-corrected chi connectivity index (χ2v) is 8.03. The molecule has 2 unspecified atom stereocenters. The Balaban J connectivity index is -0.00000104. The topological polar surface area (TPSA) is 117 Å². The minimum Gasteiger partial charge on any atom is -0.265 e. The fraction of sp³-hybridized carbons (Fsp3) is 0.720. The van der Waals surface area contributed by atoms with Crippen LogP contribution in [0, 0.1) is 0 Å². The van der Waals surface area contributed by atoms with E-state index in [9.17, 15) is 14.7 Å². The first kappa shape index (κ1) is 37.5. The third-order valence-electron chi connectivity index (χ3n) is 5.14. The molecule has 1 aromatic rings. The predicted molar refractivity (Wildman–Crippen MR) is 135 cm³/mol. The largest absolute Gasteiger partial charge is 0.265 e. The number of unbranched alkanes of at least 4 members (excludes halogenated alkanes) is 13. The minimum absolute atomic E-state index is 0. The van der Waals surface area contributed by atoms with E-state index in [1.54, 1.807) is 12.4 Å². The van der Waals surface area contributed by atoms with Crippen molar-refractivity contribution in [1.82, 2.24) is 4.98 Å². The molecule has 9 heteroatoms. The number of aromatic nitrogens is 1. The molecule has 194 valence electrons. The third-order valence-corrected chi connectivity index (χ3v) is 5.14. The van der Waals surface area contributed by atoms with Gasteiger partial charge < -0.3 is 20.1 Å². The molecule has 0 bridgehead atoms. The van der Waals surface area contributed by atoms with E-state index in [4.69, 9.17) is 14.9 Å². The quantitative estimate of drug-likeness (QED) is 0.182. The summed E-state index contributed by atoms with van der Waals surface area (Å²) in [6.07, 6.45) is 16.9. The van der Waals surface area contributed by atoms with Crippen molar-refractivity contribution in [2.45, 2.75) is 109 Å². The summed E-state index contributed by atoms with van der Waals surface area (Å²) < 4.78 is 5.00. The molecule has 0 fully saturated rings. The van der Waals surface area contributed by atoms with E-state index in [0.29, 0.717) is 6.42 Å². The average Bonchev–Trinajstić information content (AvgIpc) is 2.79. The number of aliphatic hydroxyl groups excluding tert-OH is 1. The number of aliphatic carboxylic acids is 2. The van der Waals surface area contributed by atoms with Crippen LogP contribution in [-0.2, 0) is 14.3 Å². The Morgan fingerprint density at radius 3 is 1.44 bits per heavy atom. The standard InChI is InChI=1S/C20H38O6.C5H5N.FH.Na.H/c1-2-3-4-5-6-7-8-9-10-11-12-13-14-15-16-26-18(20(24)25)17(21)19(22)23;1-2-4-6-5-3-1;;;/h17-18,21H,2-16H2,1H3,(H,22,23)(H,24,25);1-5H;1H;;. The first-order chi connectivity index (χ1) is 15.5. The van der Waals surface area contributed by atoms with Crippen molar-refractivity contribution in [3.05, 3.63) is 30.6 Å². The molecule has 34 heavy (non-hydrogen) atoms. The number of nitrogens with zero attached hydrogens (tertiary/aromatic N) is 1. The summed E-state index contributed by atoms with van der Waals surface area (Å²) in [5, 5.41) is 26.8. The molecule has 0 radical (unpaired) electrons. The van der Waals surface area contributed by atoms with E-state index in [2.05, 4.69) is 11.9 Å². The number of carboxylic acids is 2. The Kier molecular flexibility index (Phi) is 31.1. The number of hydrogen-bond donors (Lipinski definition) is 3. The van der Waals surface area contributed by atoms with E-state index in [-0.39, 0.29) is 40.9 Å². The van der Waals surface area contributed by atoms with Crippen LogP contribution in [0.4, 0.5) is 4.70 Å². The Morgan fingerprint density at radius 2 is 1.15 bits per heavy atom. The first-order valence-electron chi connectivity index (χ1n) is 12.1. The molecule has 0 saturated heterocycles. The third kappa shape index (κ3) is 24.1. The van der Waals surface area contributed by atoms with Crippen LogP contribution in [0.3, 0.4) is 0 Å². The minimum atomic E-state index is -2.03. The van der Waals surface area contributed by atoms with Crippen molar-refractivity contribution < 1.29 is 34.3 Å². The molecule has 0 aliphatic heterocycles. The zero-order valence-electron chi connectivity index (χ0n) is 20.1. The molecule has 1 aromatic heterocycles. The SMILES string of the molecule is CCCCCCCCCCCCCCCCOC(C(=O)O)C(O)C(=O)O.F.[NaH].c1ccncc1. The Bertz CT molecular complexity index is 541. The Labute approximate surface area is 226 Å². The van der Waals surface area contributed by atoms with Gasteiger partial charge in [-0.3, -0.25) is 9.69 Å². The molecule has 3 N–H and O–H groups in total. The monoisotopic (exact) mass is 497 g/mol. The van der Waals surface area contributed by atoms with E-state index in [0.717, 1.165) is 19.3 Å². The van der Waals surface area contributed by atoms with Crippen LogP contribution in [0.2, 0.25) is 0 Å². The molecular weight excluding hydrogens is 452 g/mol. The summed E-state index contributed by atoms with van der Waals surface area (Å²) in [6, 6.07) is 5.72. The molecule has 1 heterocycles. The van der Waals surface area contributed by atoms with Gasteiger partial charge in [0.15, 0.2) is 12.2 Å². The maximum Gasteiger partial charge on any atom is 0.0267 e. The fourth-order valence-electron chi connectivity index (χ4n) is 3.25. The van der Waals surface area contributed by atoms with Gasteiger partial charge in [0.2, 0.25) is 0 Å². The van der Waals surface area contributed by atoms with Crippen LogP contribution in [0.5, 0.6) is 0 Å². The van der Waals surface area contributed by atoms with Crippen LogP contribution in [0.1, 0.15) is 96.8 Å². The van der Waals surface area contributed by atoms with Crippen molar-refractivity contribution in [2.24, 2.45) is 0 Å². The number of hydrogen-bond acceptors (Lipinski definition) is 5. The summed E-state index contributed by atoms with van der Waals surface area (Å²) in [5.41, 5.74) is 0. The molecule has 0 aliphatic carbocycles. The molecule has 0 amide bonds. The predicted octanol–water partition coefficient (Wildman–Crippen LogP) is 4.97. The van der Waals surface area contributed by atoms with E-state index in [1.807, 2.05) is 18.2 Å². The van der Waals surface area contributed by atoms with Gasteiger partial charge in [0.1, 0.15) is 0 Å². The maximum atomic E-state index is 10.9. The van der Waals surface area contributed by atoms with Crippen LogP contribution >= 0.6 is 0 Å². The van der Waals surface area contributed by atoms with E-state index < -0.39 is 24.1 Å². The number of carboxylic acid groups (broad SMARTS) is 2. The molecular formula is C25H45FNNaO6. The van der Waals surface area contributed by atoms with Crippen molar-refractivity contribution in [1.29, 1.82) is 0 Å². The summed E-state index contributed by atoms with van der Waals surface area (Å²) in [5.74, 6) is -3.04. The zero-order valence-corrected chi connectivity index (χ0v) is 20.1. The second kappa shape index (κ2) is 28.2. The molecule has 0 spiro atoms. The van der Waals surface area contributed by atoms with Crippen molar-refractivity contribution in [3.63, 3.8) is 0 Å². The molecule has 0 saturated carbocycles. The van der Waals surface area contributed by atoms with Gasteiger partial charge in [-0.15, -0.1) is 0 Å². The number of halogens is 1. The first-order valence-corrected chi connectivity index (χ1v) is 12.1. The van der Waals surface area contributed by atoms with Gasteiger partial charge in [0.05, 0.1) is 0 Å². The molecule has 0 aliphatic rings. The Hall–Kier alpha value is -1.06. The zero-order chi connectivity index (χ0) is 23.9. The van der Waals surface area contributed by atoms with Crippen molar-refractivity contribution in [2.75, 3.05) is 6.61 Å². The number of pyridine rings is 1. The van der Waals surface area contributed by atoms with Gasteiger partial charge in [-0.25, -0.2) is 9.59 Å². The van der Waals surface area contributed by atoms with Crippen molar-refractivity contribution in [3.8, 4) is 0 Å². The number of ether oxygens (including phenoxy) is 1. The summed E-state index contributed by atoms with van der Waals surface area (Å²) in [6.45, 7) is 2.39. The van der Waals surface area contributed by atoms with Crippen LogP contribution in [-0.4, -0.2) is 80.6 Å². The Morgan fingerprint density at radius 1 is 0.735 bits per heavy atom. The van der Waals surface area contributed by atoms with Crippen LogP contribution in [0.15, 0.2) is 30.6 Å². The smallest absolute Gasteiger partial charge is 0.0267 e. The number of rotatable bonds is 19. The van der Waals surface area contributed by atoms with Crippen molar-refractivity contribution >= 4 is 41.5 Å². The summed E-state index contributed by atoms with van der Waals surface area (Å²) >= 11 is 0. The van der Waals surface area contributed by atoms with Crippen LogP contribution in [0.25, 0.3) is 0 Å². The number of carbonyl (C=O) groups is 2. The molecule has 7 nitrogen and oxygen atoms in total. The second-order valence-electron chi connectivity index (χ2n) is 8.03. The van der Waals surface area contributed by atoms with Gasteiger partial charge in [0.25, 0.3) is 0 Å². The van der Waals surface area contributed by atoms with Gasteiger partial charge in [0, 0.05) is 19.0 Å². The van der Waals surface area contributed by atoms with Gasteiger partial charge in [-0.1, -0.05) is 96.5 Å². The van der Waals surface area contributed by atoms with Gasteiger partial charge in [-0.05, 0) is 18.6 Å². The van der Waals surface area contributed by atoms with E-state index >= 15 is 0 Å². The average molecular weight is 498 g/mol. The maximum absolute atomic E-state index is 10.9. The van der Waals surface area contributed by atoms with Crippen LogP contribution < -0.4 is 0 Å². The van der Waals surface area contributed by atoms with E-state index in [1.165, 1.54) is 64.2 Å². The summed E-state index contributed by atoms with van der Waals surface area (Å²) in [7, 11) is 0. The molecule has 0 aromatic carbocycles. The molecule has 1 rings (SSSR count). The fourth-order valence-corrected chi connectivity index (χ4v) is 3.25. The van der Waals surface area contributed by atoms with Gasteiger partial charge >= 0.3 is 41.5 Å². The van der Waals surface area contributed by atoms with Gasteiger partial charge in [-0.2, -0.15) is 0 Å². The molecule has 2 atom stereocenters. The normalized spacial score (nSPS) is 11.7. The summed E-state index contributed by atoms with van der Waals surface area (Å²) in [4.78, 5) is 25.3.